The summed E-state index contributed by atoms with van der Waals surface area (Å²) in [5.74, 6) is 0.901. The van der Waals surface area contributed by atoms with Crippen LogP contribution in [0.25, 0.3) is 11.2 Å². The number of nitrogens with one attached hydrogen (secondary N) is 2. The van der Waals surface area contributed by atoms with Gasteiger partial charge in [0.25, 0.3) is 0 Å². The standard InChI is InChI=1S/C11H17N7O/c1-19-5-4-18(3-2-8(12)13)11-9-10(15-6-14-9)16-7-17-11/h6-7H,2-5H2,1H3,(H3,12,13)(H,14,15,16,17). The van der Waals surface area contributed by atoms with Crippen molar-refractivity contribution >= 4 is 22.8 Å². The van der Waals surface area contributed by atoms with Crippen molar-refractivity contribution in [3.8, 4) is 0 Å². The van der Waals surface area contributed by atoms with Gasteiger partial charge in [-0.25, -0.2) is 15.0 Å². The second-order valence-corrected chi connectivity index (χ2v) is 4.05. The van der Waals surface area contributed by atoms with Gasteiger partial charge >= 0.3 is 0 Å². The summed E-state index contributed by atoms with van der Waals surface area (Å²) in [6.45, 7) is 1.83. The number of amidine groups is 1. The fourth-order valence-corrected chi connectivity index (χ4v) is 1.77. The zero-order valence-corrected chi connectivity index (χ0v) is 10.8. The molecule has 2 aromatic heterocycles. The van der Waals surface area contributed by atoms with Crippen molar-refractivity contribution < 1.29 is 4.74 Å². The summed E-state index contributed by atoms with van der Waals surface area (Å²) < 4.78 is 5.10. The first kappa shape index (κ1) is 13.2. The zero-order chi connectivity index (χ0) is 13.7. The maximum absolute atomic E-state index is 7.33. The highest BCUT2D eigenvalue weighted by Gasteiger charge is 2.13. The highest BCUT2D eigenvalue weighted by molar-refractivity contribution is 5.83. The monoisotopic (exact) mass is 263 g/mol. The summed E-state index contributed by atoms with van der Waals surface area (Å²) in [6, 6.07) is 0. The normalized spacial score (nSPS) is 10.8. The number of anilines is 1. The van der Waals surface area contributed by atoms with Gasteiger partial charge in [0.2, 0.25) is 0 Å². The van der Waals surface area contributed by atoms with Gasteiger partial charge in [-0.1, -0.05) is 0 Å². The summed E-state index contributed by atoms with van der Waals surface area (Å²) in [5, 5.41) is 7.33. The highest BCUT2D eigenvalue weighted by atomic mass is 16.5. The second kappa shape index (κ2) is 6.10. The molecule has 2 rings (SSSR count). The van der Waals surface area contributed by atoms with Gasteiger partial charge < -0.3 is 20.4 Å². The van der Waals surface area contributed by atoms with E-state index in [1.165, 1.54) is 6.33 Å². The molecule has 19 heavy (non-hydrogen) atoms. The summed E-state index contributed by atoms with van der Waals surface area (Å²) in [4.78, 5) is 17.5. The Morgan fingerprint density at radius 2 is 2.26 bits per heavy atom. The van der Waals surface area contributed by atoms with E-state index in [0.717, 1.165) is 11.3 Å². The predicted molar refractivity (Wildman–Crippen MR) is 72.3 cm³/mol. The predicted octanol–water partition coefficient (Wildman–Crippen LogP) is 0.132. The number of fused-ring (bicyclic) bond motifs is 1. The minimum Gasteiger partial charge on any atom is -0.388 e. The first-order valence-corrected chi connectivity index (χ1v) is 5.93. The minimum absolute atomic E-state index is 0.150. The van der Waals surface area contributed by atoms with Crippen molar-refractivity contribution in [3.63, 3.8) is 0 Å². The number of ether oxygens (including phenoxy) is 1. The van der Waals surface area contributed by atoms with E-state index < -0.39 is 0 Å². The molecule has 102 valence electrons. The van der Waals surface area contributed by atoms with Gasteiger partial charge in [0, 0.05) is 26.6 Å². The van der Waals surface area contributed by atoms with E-state index >= 15 is 0 Å². The van der Waals surface area contributed by atoms with E-state index in [9.17, 15) is 0 Å². The Bertz CT molecular complexity index is 553. The number of hydrogen-bond acceptors (Lipinski definition) is 6. The molecule has 0 spiro atoms. The van der Waals surface area contributed by atoms with E-state index in [4.69, 9.17) is 15.9 Å². The smallest absolute Gasteiger partial charge is 0.182 e. The van der Waals surface area contributed by atoms with Gasteiger partial charge in [-0.05, 0) is 0 Å². The molecule has 2 aromatic rings. The largest absolute Gasteiger partial charge is 0.388 e. The molecular weight excluding hydrogens is 246 g/mol. The SMILES string of the molecule is COCCN(CCC(=N)N)c1ncnc2nc[nH]c12. The first-order valence-electron chi connectivity index (χ1n) is 5.93. The molecule has 0 aliphatic carbocycles. The lowest BCUT2D eigenvalue weighted by molar-refractivity contribution is 0.205. The van der Waals surface area contributed by atoms with Gasteiger partial charge in [0.05, 0.1) is 18.8 Å². The molecule has 0 unspecified atom stereocenters. The molecule has 4 N–H and O–H groups in total. The third-order valence-corrected chi connectivity index (χ3v) is 2.72. The number of H-pyrrole nitrogens is 1. The molecule has 8 nitrogen and oxygen atoms in total. The molecule has 2 heterocycles. The fraction of sp³-hybridized carbons (Fsp3) is 0.455. The average molecular weight is 263 g/mol. The van der Waals surface area contributed by atoms with E-state index in [1.54, 1.807) is 13.4 Å². The molecule has 0 amide bonds. The van der Waals surface area contributed by atoms with Crippen molar-refractivity contribution in [2.24, 2.45) is 5.73 Å². The maximum Gasteiger partial charge on any atom is 0.182 e. The van der Waals surface area contributed by atoms with Crippen LogP contribution >= 0.6 is 0 Å². The molecule has 0 aliphatic heterocycles. The maximum atomic E-state index is 7.33. The molecule has 0 fully saturated rings. The number of aromatic nitrogens is 4. The van der Waals surface area contributed by atoms with Gasteiger partial charge in [-0.2, -0.15) is 0 Å². The lowest BCUT2D eigenvalue weighted by atomic mass is 10.3. The lowest BCUT2D eigenvalue weighted by Crippen LogP contribution is -2.31. The lowest BCUT2D eigenvalue weighted by Gasteiger charge is -2.23. The van der Waals surface area contributed by atoms with Crippen molar-refractivity contribution in [2.75, 3.05) is 31.7 Å². The number of aromatic amines is 1. The van der Waals surface area contributed by atoms with Crippen LogP contribution in [-0.2, 0) is 4.74 Å². The van der Waals surface area contributed by atoms with Crippen LogP contribution in [0, 0.1) is 5.41 Å². The van der Waals surface area contributed by atoms with Gasteiger partial charge in [-0.15, -0.1) is 0 Å². The molecule has 0 saturated heterocycles. The molecule has 0 bridgehead atoms. The van der Waals surface area contributed by atoms with Crippen molar-refractivity contribution in [1.29, 1.82) is 5.41 Å². The van der Waals surface area contributed by atoms with Crippen LogP contribution in [0.5, 0.6) is 0 Å². The Labute approximate surface area is 110 Å². The van der Waals surface area contributed by atoms with Crippen LogP contribution in [0.4, 0.5) is 5.82 Å². The number of hydrogen-bond donors (Lipinski definition) is 3. The number of imidazole rings is 1. The Morgan fingerprint density at radius 3 is 3.00 bits per heavy atom. The van der Waals surface area contributed by atoms with E-state index in [2.05, 4.69) is 19.9 Å². The number of methoxy groups -OCH3 is 1. The van der Waals surface area contributed by atoms with Crippen LogP contribution in [0.15, 0.2) is 12.7 Å². The summed E-state index contributed by atoms with van der Waals surface area (Å²) in [7, 11) is 1.65. The summed E-state index contributed by atoms with van der Waals surface area (Å²) >= 11 is 0. The molecule has 0 aromatic carbocycles. The van der Waals surface area contributed by atoms with Crippen molar-refractivity contribution in [3.05, 3.63) is 12.7 Å². The average Bonchev–Trinajstić information content (AvgIpc) is 2.87. The minimum atomic E-state index is 0.150. The third kappa shape index (κ3) is 3.16. The topological polar surface area (TPSA) is 117 Å². The second-order valence-electron chi connectivity index (χ2n) is 4.05. The Balaban J connectivity index is 2.25. The Morgan fingerprint density at radius 1 is 1.42 bits per heavy atom. The molecule has 0 saturated carbocycles. The van der Waals surface area contributed by atoms with Gasteiger partial charge in [0.1, 0.15) is 11.8 Å². The van der Waals surface area contributed by atoms with Crippen LogP contribution < -0.4 is 10.6 Å². The van der Waals surface area contributed by atoms with E-state index in [-0.39, 0.29) is 5.84 Å². The Kier molecular flexibility index (Phi) is 4.24. The molecular formula is C11H17N7O. The van der Waals surface area contributed by atoms with E-state index in [1.807, 2.05) is 4.90 Å². The van der Waals surface area contributed by atoms with Gasteiger partial charge in [0.15, 0.2) is 11.5 Å². The zero-order valence-electron chi connectivity index (χ0n) is 10.8. The van der Waals surface area contributed by atoms with Crippen LogP contribution in [0.1, 0.15) is 6.42 Å². The van der Waals surface area contributed by atoms with Crippen molar-refractivity contribution in [2.45, 2.75) is 6.42 Å². The number of nitrogens with zero attached hydrogens (tertiary/aromatic N) is 4. The Hall–Kier alpha value is -2.22. The summed E-state index contributed by atoms with van der Waals surface area (Å²) in [5.41, 5.74) is 6.81. The number of nitrogens with two attached hydrogens (primary N) is 1. The van der Waals surface area contributed by atoms with Crippen LogP contribution in [-0.4, -0.2) is 52.6 Å². The molecule has 0 aliphatic rings. The van der Waals surface area contributed by atoms with Crippen LogP contribution in [0.3, 0.4) is 0 Å². The third-order valence-electron chi connectivity index (χ3n) is 2.72. The van der Waals surface area contributed by atoms with Gasteiger partial charge in [-0.3, -0.25) is 5.41 Å². The summed E-state index contributed by atoms with van der Waals surface area (Å²) in [6.07, 6.45) is 3.54. The van der Waals surface area contributed by atoms with E-state index in [0.29, 0.717) is 31.8 Å². The molecule has 0 atom stereocenters. The first-order chi connectivity index (χ1) is 9.22. The number of rotatable bonds is 7. The molecule has 8 heteroatoms. The van der Waals surface area contributed by atoms with Crippen LogP contribution in [0.2, 0.25) is 0 Å². The quantitative estimate of drug-likeness (QED) is 0.483. The molecule has 0 radical (unpaired) electrons. The highest BCUT2D eigenvalue weighted by Crippen LogP contribution is 2.19. The fourth-order valence-electron chi connectivity index (χ4n) is 1.77. The van der Waals surface area contributed by atoms with Crippen molar-refractivity contribution in [1.82, 2.24) is 19.9 Å².